The second-order valence-electron chi connectivity index (χ2n) is 7.19. The van der Waals surface area contributed by atoms with E-state index >= 15 is 0 Å². The molecule has 0 saturated heterocycles. The number of H-pyrrole nitrogens is 1. The van der Waals surface area contributed by atoms with Gasteiger partial charge in [0.25, 0.3) is 5.91 Å². The Morgan fingerprint density at radius 1 is 1.10 bits per heavy atom. The highest BCUT2D eigenvalue weighted by molar-refractivity contribution is 7.22. The monoisotopic (exact) mass is 430 g/mol. The number of anilines is 1. The summed E-state index contributed by atoms with van der Waals surface area (Å²) >= 11 is 1.60. The molecule has 0 radical (unpaired) electrons. The molecule has 3 aromatic carbocycles. The molecule has 0 aliphatic rings. The molecule has 2 aromatic heterocycles. The molecule has 5 aromatic rings. The SMILES string of the molecule is CNc1nc2ccc(-c3ccc4[nH]cc(C(=O)NCc5ccccc5F)c4c3)cc2s1. The van der Waals surface area contributed by atoms with Crippen LogP contribution in [0.3, 0.4) is 0 Å². The maximum atomic E-state index is 13.8. The Morgan fingerprint density at radius 2 is 1.90 bits per heavy atom. The van der Waals surface area contributed by atoms with Gasteiger partial charge in [0, 0.05) is 36.3 Å². The Kier molecular flexibility index (Phi) is 4.88. The van der Waals surface area contributed by atoms with Crippen molar-refractivity contribution in [1.29, 1.82) is 0 Å². The zero-order valence-corrected chi connectivity index (χ0v) is 17.5. The van der Waals surface area contributed by atoms with Crippen LogP contribution in [0.15, 0.2) is 66.9 Å². The van der Waals surface area contributed by atoms with Gasteiger partial charge >= 0.3 is 0 Å². The van der Waals surface area contributed by atoms with E-state index in [9.17, 15) is 9.18 Å². The van der Waals surface area contributed by atoms with Crippen LogP contribution in [0.2, 0.25) is 0 Å². The van der Waals surface area contributed by atoms with E-state index in [0.717, 1.165) is 37.4 Å². The van der Waals surface area contributed by atoms with Crippen LogP contribution in [-0.4, -0.2) is 22.9 Å². The van der Waals surface area contributed by atoms with E-state index in [2.05, 4.69) is 26.7 Å². The topological polar surface area (TPSA) is 69.8 Å². The third-order valence-corrected chi connectivity index (χ3v) is 6.29. The number of amides is 1. The predicted molar refractivity (Wildman–Crippen MR) is 124 cm³/mol. The number of rotatable bonds is 5. The standard InChI is InChI=1S/C24H19FN4OS/c1-26-24-29-21-9-7-15(11-22(21)31-24)14-6-8-20-17(10-14)18(13-27-20)23(30)28-12-16-4-2-3-5-19(16)25/h2-11,13,27H,12H2,1H3,(H,26,29)(H,28,30). The Morgan fingerprint density at radius 3 is 2.74 bits per heavy atom. The van der Waals surface area contributed by atoms with E-state index in [0.29, 0.717) is 11.1 Å². The first-order valence-electron chi connectivity index (χ1n) is 9.84. The summed E-state index contributed by atoms with van der Waals surface area (Å²) in [6, 6.07) is 18.6. The molecular formula is C24H19FN4OS. The highest BCUT2D eigenvalue weighted by atomic mass is 32.1. The second kappa shape index (κ2) is 7.85. The fraction of sp³-hybridized carbons (Fsp3) is 0.0833. The van der Waals surface area contributed by atoms with E-state index < -0.39 is 0 Å². The lowest BCUT2D eigenvalue weighted by atomic mass is 10.0. The lowest BCUT2D eigenvalue weighted by Crippen LogP contribution is -2.23. The minimum Gasteiger partial charge on any atom is -0.365 e. The number of halogens is 1. The van der Waals surface area contributed by atoms with E-state index in [1.807, 2.05) is 37.4 Å². The Bertz CT molecular complexity index is 1420. The third kappa shape index (κ3) is 3.64. The van der Waals surface area contributed by atoms with E-state index in [-0.39, 0.29) is 18.3 Å². The molecule has 0 saturated carbocycles. The average molecular weight is 431 g/mol. The highest BCUT2D eigenvalue weighted by Crippen LogP contribution is 2.32. The first-order valence-corrected chi connectivity index (χ1v) is 10.7. The van der Waals surface area contributed by atoms with Crippen LogP contribution in [0, 0.1) is 5.82 Å². The molecular weight excluding hydrogens is 411 g/mol. The molecule has 0 atom stereocenters. The fourth-order valence-electron chi connectivity index (χ4n) is 3.61. The Hall–Kier alpha value is -3.71. The average Bonchev–Trinajstić information content (AvgIpc) is 3.41. The summed E-state index contributed by atoms with van der Waals surface area (Å²) in [5.41, 5.74) is 4.88. The molecule has 1 amide bonds. The van der Waals surface area contributed by atoms with E-state index in [1.165, 1.54) is 6.07 Å². The molecule has 0 fully saturated rings. The number of aromatic nitrogens is 2. The van der Waals surface area contributed by atoms with Crippen LogP contribution < -0.4 is 10.6 Å². The molecule has 5 nitrogen and oxygen atoms in total. The summed E-state index contributed by atoms with van der Waals surface area (Å²) in [6.45, 7) is 0.133. The number of carbonyl (C=O) groups excluding carboxylic acids is 1. The molecule has 31 heavy (non-hydrogen) atoms. The number of hydrogen-bond donors (Lipinski definition) is 3. The Balaban J connectivity index is 1.45. The summed E-state index contributed by atoms with van der Waals surface area (Å²) in [7, 11) is 1.86. The molecule has 3 N–H and O–H groups in total. The summed E-state index contributed by atoms with van der Waals surface area (Å²) < 4.78 is 14.9. The minimum absolute atomic E-state index is 0.133. The number of hydrogen-bond acceptors (Lipinski definition) is 4. The number of fused-ring (bicyclic) bond motifs is 2. The summed E-state index contributed by atoms with van der Waals surface area (Å²) in [6.07, 6.45) is 1.69. The molecule has 2 heterocycles. The van der Waals surface area contributed by atoms with Crippen molar-refractivity contribution in [3.8, 4) is 11.1 Å². The van der Waals surface area contributed by atoms with Gasteiger partial charge in [-0.15, -0.1) is 0 Å². The van der Waals surface area contributed by atoms with Gasteiger partial charge in [-0.1, -0.05) is 41.7 Å². The number of carbonyl (C=O) groups is 1. The van der Waals surface area contributed by atoms with Gasteiger partial charge in [-0.2, -0.15) is 0 Å². The van der Waals surface area contributed by atoms with Crippen molar-refractivity contribution in [3.05, 3.63) is 83.8 Å². The lowest BCUT2D eigenvalue weighted by molar-refractivity contribution is 0.0952. The van der Waals surface area contributed by atoms with Crippen LogP contribution in [0.5, 0.6) is 0 Å². The predicted octanol–water partition coefficient (Wildman–Crippen LogP) is 5.56. The van der Waals surface area contributed by atoms with Gasteiger partial charge in [-0.25, -0.2) is 9.37 Å². The van der Waals surface area contributed by atoms with Crippen LogP contribution >= 0.6 is 11.3 Å². The van der Waals surface area contributed by atoms with Crippen LogP contribution in [0.1, 0.15) is 15.9 Å². The molecule has 0 bridgehead atoms. The maximum absolute atomic E-state index is 13.8. The minimum atomic E-state index is -0.330. The molecule has 5 rings (SSSR count). The molecule has 0 aliphatic carbocycles. The highest BCUT2D eigenvalue weighted by Gasteiger charge is 2.14. The quantitative estimate of drug-likeness (QED) is 0.342. The molecule has 0 aliphatic heterocycles. The van der Waals surface area contributed by atoms with Crippen molar-refractivity contribution in [2.24, 2.45) is 0 Å². The molecule has 7 heteroatoms. The molecule has 154 valence electrons. The smallest absolute Gasteiger partial charge is 0.253 e. The van der Waals surface area contributed by atoms with E-state index in [4.69, 9.17) is 0 Å². The van der Waals surface area contributed by atoms with E-state index in [1.54, 1.807) is 35.7 Å². The van der Waals surface area contributed by atoms with Gasteiger partial charge in [0.05, 0.1) is 15.8 Å². The zero-order chi connectivity index (χ0) is 21.4. The summed E-state index contributed by atoms with van der Waals surface area (Å²) in [4.78, 5) is 20.5. The van der Waals surface area contributed by atoms with Gasteiger partial charge in [0.1, 0.15) is 5.82 Å². The van der Waals surface area contributed by atoms with Crippen molar-refractivity contribution in [3.63, 3.8) is 0 Å². The second-order valence-corrected chi connectivity index (χ2v) is 8.22. The molecule has 0 spiro atoms. The van der Waals surface area contributed by atoms with Crippen molar-refractivity contribution in [2.45, 2.75) is 6.54 Å². The van der Waals surface area contributed by atoms with Crippen molar-refractivity contribution < 1.29 is 9.18 Å². The summed E-state index contributed by atoms with van der Waals surface area (Å²) in [5, 5.41) is 7.59. The zero-order valence-electron chi connectivity index (χ0n) is 16.7. The number of nitrogens with one attached hydrogen (secondary N) is 3. The van der Waals surface area contributed by atoms with Gasteiger partial charge in [0.2, 0.25) is 0 Å². The first kappa shape index (κ1) is 19.3. The number of aromatic amines is 1. The number of nitrogens with zero attached hydrogens (tertiary/aromatic N) is 1. The van der Waals surface area contributed by atoms with Crippen molar-refractivity contribution >= 4 is 43.5 Å². The fourth-order valence-corrected chi connectivity index (χ4v) is 4.47. The lowest BCUT2D eigenvalue weighted by Gasteiger charge is -2.07. The van der Waals surface area contributed by atoms with Crippen molar-refractivity contribution in [1.82, 2.24) is 15.3 Å². The number of thiazole rings is 1. The van der Waals surface area contributed by atoms with Gasteiger partial charge < -0.3 is 15.6 Å². The number of benzene rings is 3. The van der Waals surface area contributed by atoms with Crippen LogP contribution in [0.4, 0.5) is 9.52 Å². The normalized spacial score (nSPS) is 11.2. The van der Waals surface area contributed by atoms with Gasteiger partial charge in [-0.05, 0) is 41.5 Å². The van der Waals surface area contributed by atoms with Gasteiger partial charge in [-0.3, -0.25) is 4.79 Å². The largest absolute Gasteiger partial charge is 0.365 e. The maximum Gasteiger partial charge on any atom is 0.253 e. The third-order valence-electron chi connectivity index (χ3n) is 5.26. The van der Waals surface area contributed by atoms with Crippen LogP contribution in [0.25, 0.3) is 32.2 Å². The molecule has 0 unspecified atom stereocenters. The Labute approximate surface area is 181 Å². The van der Waals surface area contributed by atoms with Gasteiger partial charge in [0.15, 0.2) is 5.13 Å². The first-order chi connectivity index (χ1) is 15.1. The van der Waals surface area contributed by atoms with Crippen LogP contribution in [-0.2, 0) is 6.54 Å². The summed E-state index contributed by atoms with van der Waals surface area (Å²) in [5.74, 6) is -0.577. The van der Waals surface area contributed by atoms with Crippen molar-refractivity contribution in [2.75, 3.05) is 12.4 Å².